The minimum atomic E-state index is -1.40. The van der Waals surface area contributed by atoms with Crippen molar-refractivity contribution in [2.45, 2.75) is 77.5 Å². The van der Waals surface area contributed by atoms with Crippen molar-refractivity contribution in [2.24, 2.45) is 11.1 Å². The van der Waals surface area contributed by atoms with E-state index in [-0.39, 0.29) is 57.2 Å². The number of carbonyl (C=O) groups excluding carboxylic acids is 6. The number of benzene rings is 1. The molecule has 62 heavy (non-hydrogen) atoms. The largest absolute Gasteiger partial charge is 0.541 e. The Morgan fingerprint density at radius 2 is 1.85 bits per heavy atom. The highest BCUT2D eigenvalue weighted by atomic mass is 35.5. The molecule has 4 aliphatic rings. The van der Waals surface area contributed by atoms with Crippen LogP contribution in [0.2, 0.25) is 9.36 Å². The van der Waals surface area contributed by atoms with Gasteiger partial charge in [-0.25, -0.2) is 19.4 Å². The predicted octanol–water partition coefficient (Wildman–Crippen LogP) is 2.28. The third-order valence-corrected chi connectivity index (χ3v) is 12.3. The summed E-state index contributed by atoms with van der Waals surface area (Å²) in [5, 5.41) is 28.4. The summed E-state index contributed by atoms with van der Waals surface area (Å²) in [6.45, 7) is 9.99. The molecule has 328 valence electrons. The lowest BCUT2D eigenvalue weighted by atomic mass is 9.96. The number of piperazine rings is 1. The van der Waals surface area contributed by atoms with E-state index < -0.39 is 82.9 Å². The number of rotatable bonds is 12. The summed E-state index contributed by atoms with van der Waals surface area (Å²) in [4.78, 5) is 91.9. The number of oxime groups is 1. The number of amides is 4. The average Bonchev–Trinajstić information content (AvgIpc) is 3.80. The Balaban J connectivity index is 1.22. The van der Waals surface area contributed by atoms with Crippen LogP contribution < -0.4 is 10.6 Å². The molecule has 3 saturated heterocycles. The number of nitrogens with one attached hydrogen (secondary N) is 2. The second-order valence-corrected chi connectivity index (χ2v) is 18.3. The Labute approximate surface area is 371 Å². The highest BCUT2D eigenvalue weighted by molar-refractivity contribution is 7.20. The molecule has 5 atom stereocenters. The molecule has 0 spiro atoms. The van der Waals surface area contributed by atoms with Crippen molar-refractivity contribution in [3.8, 4) is 11.5 Å². The minimum absolute atomic E-state index is 0.0388. The van der Waals surface area contributed by atoms with Crippen LogP contribution in [0.25, 0.3) is 0 Å². The highest BCUT2D eigenvalue weighted by Gasteiger charge is 2.57. The molecule has 4 amide bonds. The summed E-state index contributed by atoms with van der Waals surface area (Å²) < 4.78 is 20.7. The number of hydrogen-bond donors (Lipinski definition) is 4. The summed E-state index contributed by atoms with van der Waals surface area (Å²) in [5.41, 5.74) is -1.47. The topological polar surface area (TPSA) is 245 Å². The van der Waals surface area contributed by atoms with Crippen molar-refractivity contribution in [1.29, 1.82) is 0 Å². The highest BCUT2D eigenvalue weighted by Crippen LogP contribution is 2.40. The first-order chi connectivity index (χ1) is 29.2. The average molecular weight is 917 g/mol. The molecule has 3 fully saturated rings. The molecule has 1 unspecified atom stereocenters. The Bertz CT molecular complexity index is 2240. The van der Waals surface area contributed by atoms with Gasteiger partial charge in [-0.2, -0.15) is 0 Å². The van der Waals surface area contributed by atoms with E-state index in [1.165, 1.54) is 12.1 Å². The fourth-order valence-corrected chi connectivity index (χ4v) is 9.09. The summed E-state index contributed by atoms with van der Waals surface area (Å²) >= 11 is 13.4. The summed E-state index contributed by atoms with van der Waals surface area (Å²) in [6, 6.07) is 1.05. The van der Waals surface area contributed by atoms with Gasteiger partial charge in [0.2, 0.25) is 6.10 Å². The number of aromatic hydroxyl groups is 2. The van der Waals surface area contributed by atoms with Crippen molar-refractivity contribution in [3.05, 3.63) is 44.0 Å². The number of aromatic nitrogens is 1. The number of thiazole rings is 1. The Morgan fingerprint density at radius 3 is 2.52 bits per heavy atom. The molecule has 4 aliphatic heterocycles. The number of fused-ring (bicyclic) bond motifs is 2. The first kappa shape index (κ1) is 46.4. The van der Waals surface area contributed by atoms with Crippen molar-refractivity contribution in [1.82, 2.24) is 20.1 Å². The van der Waals surface area contributed by atoms with E-state index >= 15 is 0 Å². The molecule has 4 N–H and O–H groups in total. The monoisotopic (exact) mass is 916 g/mol. The van der Waals surface area contributed by atoms with Gasteiger partial charge in [-0.05, 0) is 32.9 Å². The van der Waals surface area contributed by atoms with Crippen LogP contribution in [0.5, 0.6) is 11.5 Å². The van der Waals surface area contributed by atoms with Crippen molar-refractivity contribution >= 4 is 97.2 Å². The van der Waals surface area contributed by atoms with Crippen LogP contribution in [0.15, 0.2) is 28.6 Å². The maximum Gasteiger partial charge on any atom is 0.413 e. The number of anilines is 1. The number of carbonyl (C=O) groups is 6. The van der Waals surface area contributed by atoms with Gasteiger partial charge in [-0.15, -0.1) is 0 Å². The third kappa shape index (κ3) is 9.31. The number of quaternary nitrogens is 1. The van der Waals surface area contributed by atoms with Crippen molar-refractivity contribution in [3.63, 3.8) is 0 Å². The molecule has 0 aliphatic carbocycles. The van der Waals surface area contributed by atoms with Crippen LogP contribution in [0.1, 0.15) is 63.5 Å². The van der Waals surface area contributed by atoms with Gasteiger partial charge in [0.05, 0.1) is 43.4 Å². The minimum Gasteiger partial charge on any atom is -0.541 e. The fourth-order valence-electron chi connectivity index (χ4n) is 7.82. The SMILES string of the molecule is [B]OC(=O)C1=C(C[N+]23CCC[C@H]2CN(C(=O)c2ccc(O)c(O)c2Cl)CC3)CO[C@@H]2[C@H](NC(=O)/C(=N\O[C@H](C(=O)O[B])C(C)C)c3nc(NC(=O)OC(C)(C)C)sc3Cl)C(=O)N12. The lowest BCUT2D eigenvalue weighted by molar-refractivity contribution is -0.939. The van der Waals surface area contributed by atoms with Crippen molar-refractivity contribution in [2.75, 3.05) is 44.6 Å². The number of hydrogen-bond acceptors (Lipinski definition) is 16. The predicted molar refractivity (Wildman–Crippen MR) is 221 cm³/mol. The number of β-lactam (4-membered cyclic amide) rings is 1. The Morgan fingerprint density at radius 1 is 1.13 bits per heavy atom. The third-order valence-electron chi connectivity index (χ3n) is 10.8. The number of ether oxygens (including phenoxy) is 2. The van der Waals surface area contributed by atoms with Gasteiger partial charge in [-0.1, -0.05) is 53.5 Å². The van der Waals surface area contributed by atoms with E-state index in [0.29, 0.717) is 29.7 Å². The molecule has 1 aromatic heterocycles. The molecular weight excluding hydrogens is 875 g/mol. The van der Waals surface area contributed by atoms with Gasteiger partial charge in [0, 0.05) is 24.3 Å². The quantitative estimate of drug-likeness (QED) is 0.0597. The van der Waals surface area contributed by atoms with Crippen LogP contribution in [-0.2, 0) is 42.8 Å². The second kappa shape index (κ2) is 18.3. The number of nitrogens with zero attached hydrogens (tertiary/aromatic N) is 5. The number of phenolic OH excluding ortho intramolecular Hbond substituents is 2. The first-order valence-electron chi connectivity index (χ1n) is 19.2. The zero-order chi connectivity index (χ0) is 45.4. The summed E-state index contributed by atoms with van der Waals surface area (Å²) in [5.74, 6) is -5.89. The summed E-state index contributed by atoms with van der Waals surface area (Å²) in [6.07, 6.45) is -1.94. The van der Waals surface area contributed by atoms with E-state index in [1.807, 2.05) is 0 Å². The Kier molecular flexibility index (Phi) is 13.7. The van der Waals surface area contributed by atoms with E-state index in [1.54, 1.807) is 39.5 Å². The van der Waals surface area contributed by atoms with Crippen LogP contribution in [0, 0.1) is 5.92 Å². The standard InChI is InChI=1S/C37H41B2Cl2N7O13S/c1-16(2)27(34(55)60-39)61-45-23(22-28(41)62-35(43-22)44-36(56)58-37(3,4)5)29(51)42-24-31(53)47-25(33(54)59-38)17(15-57-32(24)47)14-48-11-6-7-18(48)13-46(10-12-48)30(52)19-8-9-20(49)26(50)21(19)40/h8-9,16,18,24,27,32H,6-7,10-15H2,1-5H3,(H3-,42,43,44,45,49,50,51,52,56)/p+1/t18-,24+,27-,32+,48?/m0/s1. The van der Waals surface area contributed by atoms with Crippen LogP contribution in [0.4, 0.5) is 9.93 Å². The smallest absolute Gasteiger partial charge is 0.413 e. The second-order valence-electron chi connectivity index (χ2n) is 16.3. The van der Waals surface area contributed by atoms with Crippen LogP contribution in [-0.4, -0.2) is 156 Å². The van der Waals surface area contributed by atoms with E-state index in [2.05, 4.69) is 30.1 Å². The lowest BCUT2D eigenvalue weighted by Crippen LogP contribution is -2.74. The molecule has 4 radical (unpaired) electrons. The molecule has 25 heteroatoms. The van der Waals surface area contributed by atoms with Crippen LogP contribution in [0.3, 0.4) is 0 Å². The van der Waals surface area contributed by atoms with Gasteiger partial charge in [0.1, 0.15) is 33.9 Å². The molecule has 1 aromatic carbocycles. The fraction of sp³-hybridized carbons (Fsp3) is 0.514. The molecule has 0 bridgehead atoms. The molecular formula is C37H42B2Cl2N7O13S+. The zero-order valence-electron chi connectivity index (χ0n) is 34.1. The number of phenols is 2. The first-order valence-corrected chi connectivity index (χ1v) is 20.8. The van der Waals surface area contributed by atoms with Crippen LogP contribution >= 0.6 is 34.5 Å². The van der Waals surface area contributed by atoms with E-state index in [9.17, 15) is 39.0 Å². The normalized spacial score (nSPS) is 22.9. The molecule has 5 heterocycles. The number of halogens is 2. The van der Waals surface area contributed by atoms with Crippen molar-refractivity contribution < 1.29 is 67.1 Å². The zero-order valence-corrected chi connectivity index (χ0v) is 36.5. The van der Waals surface area contributed by atoms with Gasteiger partial charge in [0.25, 0.3) is 17.7 Å². The van der Waals surface area contributed by atoms with Gasteiger partial charge >= 0.3 is 34.1 Å². The van der Waals surface area contributed by atoms with Gasteiger partial charge in [0.15, 0.2) is 34.6 Å². The lowest BCUT2D eigenvalue weighted by Gasteiger charge is -2.51. The maximum atomic E-state index is 14.0. The molecule has 0 saturated carbocycles. The maximum absolute atomic E-state index is 14.0. The molecule has 2 aromatic rings. The van der Waals surface area contributed by atoms with Gasteiger partial charge < -0.3 is 48.5 Å². The summed E-state index contributed by atoms with van der Waals surface area (Å²) in [7, 11) is 10.5. The van der Waals surface area contributed by atoms with Gasteiger partial charge in [-0.3, -0.25) is 24.6 Å². The Hall–Kier alpha value is -5.09. The molecule has 20 nitrogen and oxygen atoms in total. The van der Waals surface area contributed by atoms with E-state index in [0.717, 1.165) is 29.1 Å². The molecule has 6 rings (SSSR count). The van der Waals surface area contributed by atoms with E-state index in [4.69, 9.17) is 53.6 Å².